The monoisotopic (exact) mass is 363 g/mol. The van der Waals surface area contributed by atoms with Gasteiger partial charge in [-0.05, 0) is 52.9 Å². The van der Waals surface area contributed by atoms with Crippen molar-refractivity contribution >= 4 is 31.9 Å². The lowest BCUT2D eigenvalue weighted by molar-refractivity contribution is 0.0695. The predicted molar refractivity (Wildman–Crippen MR) is 80.4 cm³/mol. The number of sulfonamides is 1. The van der Waals surface area contributed by atoms with Crippen LogP contribution in [0.3, 0.4) is 0 Å². The highest BCUT2D eigenvalue weighted by molar-refractivity contribution is 9.10. The first-order chi connectivity index (χ1) is 9.24. The zero-order chi connectivity index (χ0) is 15.3. The van der Waals surface area contributed by atoms with E-state index in [9.17, 15) is 13.2 Å². The van der Waals surface area contributed by atoms with Crippen molar-refractivity contribution < 1.29 is 18.3 Å². The lowest BCUT2D eigenvalue weighted by Crippen LogP contribution is -2.25. The minimum atomic E-state index is -3.67. The topological polar surface area (TPSA) is 83.5 Å². The summed E-state index contributed by atoms with van der Waals surface area (Å²) in [5.74, 6) is -0.653. The Morgan fingerprint density at radius 3 is 2.60 bits per heavy atom. The van der Waals surface area contributed by atoms with E-state index in [0.29, 0.717) is 16.9 Å². The van der Waals surface area contributed by atoms with E-state index in [1.54, 1.807) is 0 Å². The van der Waals surface area contributed by atoms with Gasteiger partial charge in [0.2, 0.25) is 10.0 Å². The minimum absolute atomic E-state index is 0.0392. The second-order valence-electron chi connectivity index (χ2n) is 4.88. The molecule has 20 heavy (non-hydrogen) atoms. The molecule has 0 unspecified atom stereocenters. The van der Waals surface area contributed by atoms with Crippen LogP contribution in [0.4, 0.5) is 0 Å². The van der Waals surface area contributed by atoms with Gasteiger partial charge in [-0.15, -0.1) is 0 Å². The molecule has 112 valence electrons. The fraction of sp³-hybridized carbons (Fsp3) is 0.462. The molecule has 0 atom stereocenters. The fourth-order valence-corrected chi connectivity index (χ4v) is 3.15. The number of benzene rings is 1. The molecule has 0 spiro atoms. The van der Waals surface area contributed by atoms with E-state index >= 15 is 0 Å². The van der Waals surface area contributed by atoms with Gasteiger partial charge in [0.15, 0.2) is 0 Å². The highest BCUT2D eigenvalue weighted by Gasteiger charge is 2.17. The summed E-state index contributed by atoms with van der Waals surface area (Å²) in [6.07, 6.45) is 1.68. The highest BCUT2D eigenvalue weighted by Crippen LogP contribution is 2.21. The summed E-state index contributed by atoms with van der Waals surface area (Å²) >= 11 is 3.08. The van der Waals surface area contributed by atoms with Crippen LogP contribution in [-0.2, 0) is 10.0 Å². The van der Waals surface area contributed by atoms with Crippen LogP contribution in [0, 0.1) is 5.92 Å². The lowest BCUT2D eigenvalue weighted by Gasteiger charge is -2.09. The number of rotatable bonds is 7. The molecule has 0 bridgehead atoms. The molecule has 2 N–H and O–H groups in total. The normalized spacial score (nSPS) is 11.8. The third-order valence-corrected chi connectivity index (χ3v) is 4.88. The maximum Gasteiger partial charge on any atom is 0.336 e. The molecule has 0 fully saturated rings. The Balaban J connectivity index is 2.82. The Bertz CT molecular complexity index is 584. The predicted octanol–water partition coefficient (Wildman–Crippen LogP) is 2.86. The number of carboxylic acid groups (broad SMARTS) is 1. The van der Waals surface area contributed by atoms with Gasteiger partial charge in [0, 0.05) is 11.0 Å². The molecular weight excluding hydrogens is 346 g/mol. The molecule has 0 amide bonds. The van der Waals surface area contributed by atoms with Crippen molar-refractivity contribution in [2.24, 2.45) is 5.92 Å². The Labute approximate surface area is 127 Å². The summed E-state index contributed by atoms with van der Waals surface area (Å²) in [6, 6.07) is 3.95. The van der Waals surface area contributed by atoms with Crippen LogP contribution in [0.2, 0.25) is 0 Å². The SMILES string of the molecule is CC(C)CCCNS(=O)(=O)c1ccc(Br)c(C(=O)O)c1. The maximum atomic E-state index is 12.0. The zero-order valence-corrected chi connectivity index (χ0v) is 13.8. The van der Waals surface area contributed by atoms with Gasteiger partial charge in [0.05, 0.1) is 10.5 Å². The molecule has 0 aliphatic rings. The highest BCUT2D eigenvalue weighted by atomic mass is 79.9. The zero-order valence-electron chi connectivity index (χ0n) is 11.4. The molecule has 0 aliphatic heterocycles. The Kier molecular flexibility index (Phi) is 6.16. The smallest absolute Gasteiger partial charge is 0.336 e. The maximum absolute atomic E-state index is 12.0. The van der Waals surface area contributed by atoms with Crippen LogP contribution < -0.4 is 4.72 Å². The van der Waals surface area contributed by atoms with Crippen molar-refractivity contribution in [3.05, 3.63) is 28.2 Å². The van der Waals surface area contributed by atoms with Crippen molar-refractivity contribution in [3.8, 4) is 0 Å². The van der Waals surface area contributed by atoms with Crippen LogP contribution in [0.15, 0.2) is 27.6 Å². The molecular formula is C13H18BrNO4S. The van der Waals surface area contributed by atoms with Gasteiger partial charge in [-0.3, -0.25) is 0 Å². The average Bonchev–Trinajstić information content (AvgIpc) is 2.34. The van der Waals surface area contributed by atoms with E-state index in [1.165, 1.54) is 12.1 Å². The summed E-state index contributed by atoms with van der Waals surface area (Å²) in [4.78, 5) is 11.0. The van der Waals surface area contributed by atoms with Crippen LogP contribution in [0.25, 0.3) is 0 Å². The van der Waals surface area contributed by atoms with Gasteiger partial charge in [-0.1, -0.05) is 13.8 Å². The lowest BCUT2D eigenvalue weighted by atomic mass is 10.1. The van der Waals surface area contributed by atoms with Crippen molar-refractivity contribution in [1.29, 1.82) is 0 Å². The van der Waals surface area contributed by atoms with Gasteiger partial charge in [0.1, 0.15) is 0 Å². The van der Waals surface area contributed by atoms with Crippen LogP contribution in [0.5, 0.6) is 0 Å². The molecule has 0 heterocycles. The molecule has 1 aromatic carbocycles. The molecule has 5 nitrogen and oxygen atoms in total. The third-order valence-electron chi connectivity index (χ3n) is 2.73. The van der Waals surface area contributed by atoms with Gasteiger partial charge in [0.25, 0.3) is 0 Å². The molecule has 0 aliphatic carbocycles. The van der Waals surface area contributed by atoms with Gasteiger partial charge < -0.3 is 5.11 Å². The number of halogens is 1. The summed E-state index contributed by atoms with van der Waals surface area (Å²) in [5.41, 5.74) is -0.0740. The molecule has 1 aromatic rings. The van der Waals surface area contributed by atoms with Gasteiger partial charge >= 0.3 is 5.97 Å². The van der Waals surface area contributed by atoms with E-state index in [-0.39, 0.29) is 10.5 Å². The van der Waals surface area contributed by atoms with E-state index in [2.05, 4.69) is 34.5 Å². The fourth-order valence-electron chi connectivity index (χ4n) is 1.64. The van der Waals surface area contributed by atoms with Gasteiger partial charge in [-0.25, -0.2) is 17.9 Å². The number of hydrogen-bond acceptors (Lipinski definition) is 3. The van der Waals surface area contributed by atoms with Crippen molar-refractivity contribution in [2.75, 3.05) is 6.54 Å². The van der Waals surface area contributed by atoms with E-state index < -0.39 is 16.0 Å². The largest absolute Gasteiger partial charge is 0.478 e. The Morgan fingerprint density at radius 2 is 2.05 bits per heavy atom. The first kappa shape index (κ1) is 17.1. The second kappa shape index (κ2) is 7.19. The van der Waals surface area contributed by atoms with Crippen molar-refractivity contribution in [1.82, 2.24) is 4.72 Å². The van der Waals surface area contributed by atoms with Crippen LogP contribution >= 0.6 is 15.9 Å². The summed E-state index contributed by atoms with van der Waals surface area (Å²) in [5, 5.41) is 8.99. The first-order valence-electron chi connectivity index (χ1n) is 6.26. The molecule has 0 radical (unpaired) electrons. The van der Waals surface area contributed by atoms with E-state index in [1.807, 2.05) is 0 Å². The van der Waals surface area contributed by atoms with Crippen LogP contribution in [-0.4, -0.2) is 26.0 Å². The summed E-state index contributed by atoms with van der Waals surface area (Å²) < 4.78 is 26.9. The van der Waals surface area contributed by atoms with Crippen LogP contribution in [0.1, 0.15) is 37.0 Å². The molecule has 1 rings (SSSR count). The minimum Gasteiger partial charge on any atom is -0.478 e. The van der Waals surface area contributed by atoms with Crippen molar-refractivity contribution in [3.63, 3.8) is 0 Å². The Hall–Kier alpha value is -0.920. The van der Waals surface area contributed by atoms with Crippen molar-refractivity contribution in [2.45, 2.75) is 31.6 Å². The standard InChI is InChI=1S/C13H18BrNO4S/c1-9(2)4-3-7-15-20(18,19)10-5-6-12(14)11(8-10)13(16)17/h5-6,8-9,15H,3-4,7H2,1-2H3,(H,16,17). The second-order valence-corrected chi connectivity index (χ2v) is 7.50. The molecule has 0 saturated heterocycles. The Morgan fingerprint density at radius 1 is 1.40 bits per heavy atom. The van der Waals surface area contributed by atoms with E-state index in [0.717, 1.165) is 18.9 Å². The average molecular weight is 364 g/mol. The molecule has 0 aromatic heterocycles. The number of carboxylic acids is 1. The number of carbonyl (C=O) groups is 1. The molecule has 7 heteroatoms. The third kappa shape index (κ3) is 4.88. The first-order valence-corrected chi connectivity index (χ1v) is 8.54. The summed E-state index contributed by atoms with van der Waals surface area (Å²) in [7, 11) is -3.67. The molecule has 0 saturated carbocycles. The number of aromatic carboxylic acids is 1. The number of hydrogen-bond donors (Lipinski definition) is 2. The van der Waals surface area contributed by atoms with E-state index in [4.69, 9.17) is 5.11 Å². The summed E-state index contributed by atoms with van der Waals surface area (Å²) in [6.45, 7) is 4.49. The number of nitrogens with one attached hydrogen (secondary N) is 1. The van der Waals surface area contributed by atoms with Gasteiger partial charge in [-0.2, -0.15) is 0 Å². The quantitative estimate of drug-likeness (QED) is 0.729.